The number of sulfone groups is 1. The van der Waals surface area contributed by atoms with Crippen LogP contribution in [0.5, 0.6) is 5.75 Å². The van der Waals surface area contributed by atoms with Crippen molar-refractivity contribution in [3.63, 3.8) is 0 Å². The Hall–Kier alpha value is -2.61. The first-order chi connectivity index (χ1) is 25.4. The summed E-state index contributed by atoms with van der Waals surface area (Å²) in [6, 6.07) is 26.6. The van der Waals surface area contributed by atoms with Crippen molar-refractivity contribution in [1.29, 1.82) is 0 Å². The Morgan fingerprint density at radius 1 is 0.755 bits per heavy atom. The highest BCUT2D eigenvalue weighted by molar-refractivity contribution is 7.92. The van der Waals surface area contributed by atoms with Gasteiger partial charge in [-0.3, -0.25) is 0 Å². The van der Waals surface area contributed by atoms with Crippen molar-refractivity contribution < 1.29 is 41.3 Å². The summed E-state index contributed by atoms with van der Waals surface area (Å²) in [4.78, 5) is 0.0590. The number of methoxy groups -OCH3 is 1. The van der Waals surface area contributed by atoms with Gasteiger partial charge in [0, 0.05) is 12.8 Å². The molecule has 3 aromatic rings. The quantitative estimate of drug-likeness (QED) is 0.141. The lowest BCUT2D eigenvalue weighted by Crippen LogP contribution is -2.68. The molecule has 9 nitrogen and oxygen atoms in total. The van der Waals surface area contributed by atoms with Crippen molar-refractivity contribution in [3.05, 3.63) is 96.1 Å². The summed E-state index contributed by atoms with van der Waals surface area (Å²) < 4.78 is 76.4. The molecule has 1 unspecified atom stereocenters. The maximum Gasteiger partial charge on any atom is 0.211 e. The Balaban J connectivity index is 1.36. The zero-order chi connectivity index (χ0) is 37.8. The third-order valence-electron chi connectivity index (χ3n) is 11.4. The third kappa shape index (κ3) is 8.48. The van der Waals surface area contributed by atoms with Gasteiger partial charge in [0.1, 0.15) is 29.0 Å². The van der Waals surface area contributed by atoms with Crippen molar-refractivity contribution >= 4 is 18.2 Å². The molecule has 3 heterocycles. The second kappa shape index (κ2) is 17.0. The van der Waals surface area contributed by atoms with Gasteiger partial charge in [-0.1, -0.05) is 114 Å². The Labute approximate surface area is 317 Å². The zero-order valence-electron chi connectivity index (χ0n) is 32.3. The highest BCUT2D eigenvalue weighted by Crippen LogP contribution is 2.50. The van der Waals surface area contributed by atoms with E-state index in [0.29, 0.717) is 32.5 Å². The highest BCUT2D eigenvalue weighted by atomic mass is 32.2. The van der Waals surface area contributed by atoms with Crippen LogP contribution in [-0.2, 0) is 51.2 Å². The number of hydrogen-bond donors (Lipinski definition) is 0. The first-order valence-electron chi connectivity index (χ1n) is 19.2. The molecular weight excluding hydrogens is 709 g/mol. The number of fused-ring (bicyclic) bond motifs is 1. The molecule has 3 aromatic carbocycles. The molecular formula is C42H58O9SSi. The van der Waals surface area contributed by atoms with Gasteiger partial charge in [-0.25, -0.2) is 8.42 Å². The average molecular weight is 767 g/mol. The second-order valence-electron chi connectivity index (χ2n) is 15.7. The molecule has 3 aliphatic heterocycles. The molecule has 0 aromatic heterocycles. The van der Waals surface area contributed by atoms with Crippen molar-refractivity contribution in [1.82, 2.24) is 0 Å². The summed E-state index contributed by atoms with van der Waals surface area (Å²) in [6.45, 7) is 14.5. The summed E-state index contributed by atoms with van der Waals surface area (Å²) in [5, 5.41) is 0. The van der Waals surface area contributed by atoms with Crippen LogP contribution in [0, 0.1) is 0 Å². The van der Waals surface area contributed by atoms with Crippen LogP contribution in [0.4, 0.5) is 0 Å². The minimum atomic E-state index is -4.17. The van der Waals surface area contributed by atoms with E-state index in [0.717, 1.165) is 17.5 Å². The van der Waals surface area contributed by atoms with Crippen molar-refractivity contribution in [2.24, 2.45) is 0 Å². The predicted molar refractivity (Wildman–Crippen MR) is 207 cm³/mol. The fourth-order valence-corrected chi connectivity index (χ4v) is 16.3. The maximum absolute atomic E-state index is 14.9. The van der Waals surface area contributed by atoms with Gasteiger partial charge in [-0.2, -0.15) is 0 Å². The van der Waals surface area contributed by atoms with Gasteiger partial charge in [0.15, 0.2) is 11.2 Å². The zero-order valence-corrected chi connectivity index (χ0v) is 34.1. The van der Waals surface area contributed by atoms with Gasteiger partial charge in [-0.15, -0.1) is 0 Å². The monoisotopic (exact) mass is 766 g/mol. The van der Waals surface area contributed by atoms with Gasteiger partial charge < -0.3 is 32.8 Å². The second-order valence-corrected chi connectivity index (χ2v) is 23.1. The topological polar surface area (TPSA) is 98.8 Å². The van der Waals surface area contributed by atoms with Gasteiger partial charge >= 0.3 is 0 Å². The maximum atomic E-state index is 14.9. The Bertz CT molecular complexity index is 1700. The Kier molecular flexibility index (Phi) is 12.9. The summed E-state index contributed by atoms with van der Waals surface area (Å²) in [5.74, 6) is -0.602. The molecule has 0 amide bonds. The van der Waals surface area contributed by atoms with Crippen LogP contribution in [0.25, 0.3) is 0 Å². The molecule has 7 atom stereocenters. The molecule has 3 aliphatic rings. The van der Waals surface area contributed by atoms with Gasteiger partial charge in [0.2, 0.25) is 18.2 Å². The molecule has 0 aliphatic carbocycles. The Morgan fingerprint density at radius 3 is 1.96 bits per heavy atom. The molecule has 53 heavy (non-hydrogen) atoms. The number of hydrogen-bond acceptors (Lipinski definition) is 9. The number of para-hydroxylation sites is 1. The molecule has 6 rings (SSSR count). The largest absolute Gasteiger partial charge is 0.495 e. The van der Waals surface area contributed by atoms with Gasteiger partial charge in [0.25, 0.3) is 0 Å². The van der Waals surface area contributed by atoms with E-state index in [1.807, 2.05) is 48.5 Å². The van der Waals surface area contributed by atoms with E-state index in [1.165, 1.54) is 7.11 Å². The number of benzene rings is 3. The standard InChI is InChI=1S/C42H58O9SSi/c1-29(2)53(30(3)4,31(5)6)51-39-38-36(23-25-42(50-38)24-22-34(49-42)28-46-26-32-16-10-8-11-17-32)48-41(40(39)47-27-33-18-12-9-13-19-33)52(43,44)37-21-15-14-20-35(37)45-7/h8-21,29-31,34,36,38-41H,22-28H2,1-7H3/t34?,36-,38-,39+,40+,41-,42-/m1/s1. The fraction of sp³-hybridized carbons (Fsp3) is 0.571. The van der Waals surface area contributed by atoms with E-state index in [4.69, 9.17) is 32.8 Å². The van der Waals surface area contributed by atoms with Crippen LogP contribution >= 0.6 is 0 Å². The molecule has 0 N–H and O–H groups in total. The van der Waals surface area contributed by atoms with E-state index in [1.54, 1.807) is 24.3 Å². The van der Waals surface area contributed by atoms with E-state index >= 15 is 0 Å². The first kappa shape index (κ1) is 40.1. The molecule has 290 valence electrons. The SMILES string of the molecule is COc1ccccc1S(=O)(=O)[C@H]1O[C@@H]2CC[C@@]3(CCC(COCc4ccccc4)O3)O[C@H]2[C@H](O[Si](C(C)C)(C(C)C)C(C)C)[C@@H]1OCc1ccccc1. The summed E-state index contributed by atoms with van der Waals surface area (Å²) in [5.41, 5.74) is 1.36. The van der Waals surface area contributed by atoms with E-state index in [-0.39, 0.29) is 40.0 Å². The number of rotatable bonds is 15. The van der Waals surface area contributed by atoms with Crippen LogP contribution in [0.2, 0.25) is 16.6 Å². The minimum absolute atomic E-state index is 0.0590. The van der Waals surface area contributed by atoms with Crippen molar-refractivity contribution in [2.75, 3.05) is 13.7 Å². The predicted octanol–water partition coefficient (Wildman–Crippen LogP) is 8.61. The van der Waals surface area contributed by atoms with Crippen LogP contribution in [0.1, 0.15) is 78.4 Å². The molecule has 0 bridgehead atoms. The number of ether oxygens (including phenoxy) is 6. The molecule has 3 saturated heterocycles. The minimum Gasteiger partial charge on any atom is -0.495 e. The van der Waals surface area contributed by atoms with Crippen LogP contribution in [0.3, 0.4) is 0 Å². The smallest absolute Gasteiger partial charge is 0.211 e. The summed E-state index contributed by atoms with van der Waals surface area (Å²) in [6.07, 6.45) is -0.483. The van der Waals surface area contributed by atoms with Crippen molar-refractivity contribution in [3.8, 4) is 5.75 Å². The molecule has 3 fully saturated rings. The summed E-state index contributed by atoms with van der Waals surface area (Å²) >= 11 is 0. The van der Waals surface area contributed by atoms with Gasteiger partial charge in [0.05, 0.1) is 39.1 Å². The first-order valence-corrected chi connectivity index (χ1v) is 22.9. The van der Waals surface area contributed by atoms with Crippen LogP contribution in [0.15, 0.2) is 89.8 Å². The lowest BCUT2D eigenvalue weighted by atomic mass is 9.90. The molecule has 0 radical (unpaired) electrons. The average Bonchev–Trinajstić information content (AvgIpc) is 3.54. The lowest BCUT2D eigenvalue weighted by molar-refractivity contribution is -0.337. The highest BCUT2D eigenvalue weighted by Gasteiger charge is 2.61. The molecule has 1 spiro atoms. The van der Waals surface area contributed by atoms with E-state index in [9.17, 15) is 8.42 Å². The third-order valence-corrected chi connectivity index (χ3v) is 19.4. The fourth-order valence-electron chi connectivity index (χ4n) is 8.94. The van der Waals surface area contributed by atoms with E-state index in [2.05, 4.69) is 53.7 Å². The molecule has 11 heteroatoms. The lowest BCUT2D eigenvalue weighted by Gasteiger charge is -2.55. The van der Waals surface area contributed by atoms with E-state index < -0.39 is 53.8 Å². The van der Waals surface area contributed by atoms with Crippen LogP contribution < -0.4 is 4.74 Å². The van der Waals surface area contributed by atoms with Crippen LogP contribution in [-0.4, -0.2) is 72.2 Å². The normalized spacial score (nSPS) is 27.8. The summed E-state index contributed by atoms with van der Waals surface area (Å²) in [7, 11) is -5.33. The van der Waals surface area contributed by atoms with Crippen molar-refractivity contribution in [2.45, 2.75) is 144 Å². The van der Waals surface area contributed by atoms with Gasteiger partial charge in [-0.05, 0) is 52.7 Å². The Morgan fingerprint density at radius 2 is 1.34 bits per heavy atom. The molecule has 0 saturated carbocycles.